The van der Waals surface area contributed by atoms with E-state index in [1.807, 2.05) is 0 Å². The van der Waals surface area contributed by atoms with E-state index in [9.17, 15) is 14.9 Å². The Balaban J connectivity index is 2.48. The summed E-state index contributed by atoms with van der Waals surface area (Å²) in [6.07, 6.45) is 2.77. The summed E-state index contributed by atoms with van der Waals surface area (Å²) in [6.45, 7) is 0. The first kappa shape index (κ1) is 10.6. The van der Waals surface area contributed by atoms with E-state index in [2.05, 4.69) is 0 Å². The molecule has 0 radical (unpaired) electrons. The number of carbonyl (C=O) groups is 1. The Labute approximate surface area is 92.4 Å². The van der Waals surface area contributed by atoms with E-state index >= 15 is 0 Å². The van der Waals surface area contributed by atoms with Gasteiger partial charge in [0.15, 0.2) is 0 Å². The number of nitro benzene ring substituents is 1. The number of benzene rings is 1. The molecule has 0 aliphatic heterocycles. The van der Waals surface area contributed by atoms with E-state index < -0.39 is 10.8 Å². The van der Waals surface area contributed by atoms with Gasteiger partial charge < -0.3 is 5.73 Å². The molecule has 1 amide bonds. The molecule has 0 heterocycles. The number of nitrogens with zero attached hydrogens (tertiary/aromatic N) is 1. The van der Waals surface area contributed by atoms with Crippen molar-refractivity contribution in [3.8, 4) is 0 Å². The molecule has 2 rings (SSSR count). The summed E-state index contributed by atoms with van der Waals surface area (Å²) in [4.78, 5) is 21.3. The number of fused-ring (bicyclic) bond motifs is 1. The van der Waals surface area contributed by atoms with Crippen LogP contribution in [0.5, 0.6) is 0 Å². The molecule has 2 N–H and O–H groups in total. The van der Waals surface area contributed by atoms with Crippen molar-refractivity contribution >= 4 is 11.6 Å². The highest BCUT2D eigenvalue weighted by molar-refractivity contribution is 5.78. The van der Waals surface area contributed by atoms with Crippen LogP contribution in [0.15, 0.2) is 12.1 Å². The van der Waals surface area contributed by atoms with Crippen LogP contribution in [0.4, 0.5) is 5.69 Å². The first-order valence-electron chi connectivity index (χ1n) is 5.15. The van der Waals surface area contributed by atoms with Crippen LogP contribution in [-0.2, 0) is 24.1 Å². The minimum Gasteiger partial charge on any atom is -0.369 e. The molecule has 1 aromatic carbocycles. The molecule has 0 unspecified atom stereocenters. The molecule has 0 fully saturated rings. The normalized spacial score (nSPS) is 13.5. The fourth-order valence-corrected chi connectivity index (χ4v) is 2.16. The summed E-state index contributed by atoms with van der Waals surface area (Å²) < 4.78 is 0. The second-order valence-electron chi connectivity index (χ2n) is 4.00. The first-order chi connectivity index (χ1) is 7.58. The van der Waals surface area contributed by atoms with Gasteiger partial charge in [-0.15, -0.1) is 0 Å². The number of nitro groups is 1. The number of amides is 1. The minimum absolute atomic E-state index is 0.0134. The number of carbonyl (C=O) groups excluding carboxylic acids is 1. The molecule has 1 aliphatic rings. The number of hydrogen-bond donors (Lipinski definition) is 1. The average Bonchev–Trinajstić information content (AvgIpc) is 2.62. The van der Waals surface area contributed by atoms with Gasteiger partial charge in [0.2, 0.25) is 5.91 Å². The first-order valence-corrected chi connectivity index (χ1v) is 5.15. The van der Waals surface area contributed by atoms with E-state index in [1.54, 1.807) is 12.1 Å². The monoisotopic (exact) mass is 220 g/mol. The summed E-state index contributed by atoms with van der Waals surface area (Å²) in [5, 5.41) is 10.9. The lowest BCUT2D eigenvalue weighted by Gasteiger charge is -2.04. The Kier molecular flexibility index (Phi) is 2.60. The highest BCUT2D eigenvalue weighted by atomic mass is 16.6. The van der Waals surface area contributed by atoms with Crippen LogP contribution < -0.4 is 5.73 Å². The van der Waals surface area contributed by atoms with E-state index in [0.717, 1.165) is 30.4 Å². The number of rotatable bonds is 3. The molecule has 1 aromatic rings. The number of nitrogens with two attached hydrogens (primary N) is 1. The van der Waals surface area contributed by atoms with Gasteiger partial charge in [-0.05, 0) is 36.5 Å². The molecule has 0 saturated heterocycles. The molecule has 5 heteroatoms. The van der Waals surface area contributed by atoms with Crippen molar-refractivity contribution in [3.05, 3.63) is 38.9 Å². The van der Waals surface area contributed by atoms with Crippen LogP contribution in [0.2, 0.25) is 0 Å². The maximum Gasteiger partial charge on any atom is 0.273 e. The van der Waals surface area contributed by atoms with Crippen LogP contribution in [0, 0.1) is 10.1 Å². The Hall–Kier alpha value is -1.91. The van der Waals surface area contributed by atoms with Gasteiger partial charge in [-0.1, -0.05) is 0 Å². The molecule has 16 heavy (non-hydrogen) atoms. The molecular formula is C11H12N2O3. The lowest BCUT2D eigenvalue weighted by molar-refractivity contribution is -0.385. The van der Waals surface area contributed by atoms with Crippen molar-refractivity contribution < 1.29 is 9.72 Å². The van der Waals surface area contributed by atoms with Crippen molar-refractivity contribution in [3.63, 3.8) is 0 Å². The second kappa shape index (κ2) is 3.92. The largest absolute Gasteiger partial charge is 0.369 e. The van der Waals surface area contributed by atoms with Crippen LogP contribution >= 0.6 is 0 Å². The molecule has 0 aromatic heterocycles. The van der Waals surface area contributed by atoms with Crippen LogP contribution in [0.25, 0.3) is 0 Å². The summed E-state index contributed by atoms with van der Waals surface area (Å²) in [5.74, 6) is -0.541. The highest BCUT2D eigenvalue weighted by Gasteiger charge is 2.21. The van der Waals surface area contributed by atoms with Crippen molar-refractivity contribution in [1.29, 1.82) is 0 Å². The molecule has 5 nitrogen and oxygen atoms in total. The summed E-state index contributed by atoms with van der Waals surface area (Å²) in [5.41, 5.74) is 7.66. The SMILES string of the molecule is NC(=O)Cc1cc2c(cc1[N+](=O)[O-])CCC2. The molecule has 0 atom stereocenters. The maximum atomic E-state index is 10.9. The Morgan fingerprint density at radius 1 is 1.38 bits per heavy atom. The van der Waals surface area contributed by atoms with Gasteiger partial charge in [0, 0.05) is 11.6 Å². The smallest absolute Gasteiger partial charge is 0.273 e. The van der Waals surface area contributed by atoms with Crippen molar-refractivity contribution in [2.75, 3.05) is 0 Å². The number of hydrogen-bond acceptors (Lipinski definition) is 3. The predicted molar refractivity (Wildman–Crippen MR) is 58.0 cm³/mol. The molecular weight excluding hydrogens is 208 g/mol. The van der Waals surface area contributed by atoms with E-state index in [1.165, 1.54) is 0 Å². The molecule has 0 spiro atoms. The van der Waals surface area contributed by atoms with Gasteiger partial charge in [-0.25, -0.2) is 0 Å². The van der Waals surface area contributed by atoms with Crippen LogP contribution in [0.1, 0.15) is 23.1 Å². The van der Waals surface area contributed by atoms with E-state index in [-0.39, 0.29) is 12.1 Å². The predicted octanol–water partition coefficient (Wildman–Crippen LogP) is 1.11. The zero-order chi connectivity index (χ0) is 11.7. The summed E-state index contributed by atoms with van der Waals surface area (Å²) in [6, 6.07) is 3.34. The standard InChI is InChI=1S/C11H12N2O3/c12-11(14)6-9-4-7-2-1-3-8(7)5-10(9)13(15)16/h4-5H,1-3,6H2,(H2,12,14). The van der Waals surface area contributed by atoms with Crippen LogP contribution in [-0.4, -0.2) is 10.8 Å². The zero-order valence-corrected chi connectivity index (χ0v) is 8.73. The van der Waals surface area contributed by atoms with Crippen LogP contribution in [0.3, 0.4) is 0 Å². The van der Waals surface area contributed by atoms with Gasteiger partial charge in [-0.2, -0.15) is 0 Å². The molecule has 84 valence electrons. The fourth-order valence-electron chi connectivity index (χ4n) is 2.16. The van der Waals surface area contributed by atoms with E-state index in [4.69, 9.17) is 5.73 Å². The molecule has 1 aliphatic carbocycles. The Morgan fingerprint density at radius 3 is 2.56 bits per heavy atom. The topological polar surface area (TPSA) is 86.2 Å². The third kappa shape index (κ3) is 1.88. The lowest BCUT2D eigenvalue weighted by atomic mass is 10.0. The zero-order valence-electron chi connectivity index (χ0n) is 8.73. The summed E-state index contributed by atoms with van der Waals surface area (Å²) in [7, 11) is 0. The third-order valence-electron chi connectivity index (χ3n) is 2.85. The maximum absolute atomic E-state index is 10.9. The fraction of sp³-hybridized carbons (Fsp3) is 0.364. The van der Waals surface area contributed by atoms with Crippen molar-refractivity contribution in [2.45, 2.75) is 25.7 Å². The van der Waals surface area contributed by atoms with Crippen molar-refractivity contribution in [1.82, 2.24) is 0 Å². The highest BCUT2D eigenvalue weighted by Crippen LogP contribution is 2.29. The van der Waals surface area contributed by atoms with Gasteiger partial charge >= 0.3 is 0 Å². The van der Waals surface area contributed by atoms with Gasteiger partial charge in [-0.3, -0.25) is 14.9 Å². The van der Waals surface area contributed by atoms with Gasteiger partial charge in [0.05, 0.1) is 11.3 Å². The third-order valence-corrected chi connectivity index (χ3v) is 2.85. The number of aryl methyl sites for hydroxylation is 2. The van der Waals surface area contributed by atoms with Gasteiger partial charge in [0.1, 0.15) is 0 Å². The van der Waals surface area contributed by atoms with E-state index in [0.29, 0.717) is 5.56 Å². The molecule has 0 bridgehead atoms. The summed E-state index contributed by atoms with van der Waals surface area (Å²) >= 11 is 0. The second-order valence-corrected chi connectivity index (χ2v) is 4.00. The molecule has 0 saturated carbocycles. The Morgan fingerprint density at radius 2 is 2.00 bits per heavy atom. The van der Waals surface area contributed by atoms with Gasteiger partial charge in [0.25, 0.3) is 5.69 Å². The minimum atomic E-state index is -0.541. The lowest BCUT2D eigenvalue weighted by Crippen LogP contribution is -2.15. The number of primary amides is 1. The average molecular weight is 220 g/mol. The quantitative estimate of drug-likeness (QED) is 0.611. The van der Waals surface area contributed by atoms with Crippen molar-refractivity contribution in [2.24, 2.45) is 5.73 Å². The Bertz CT molecular complexity index is 469.